The molecule has 0 unspecified atom stereocenters. The number of amides is 1. The molecule has 148 valence electrons. The van der Waals surface area contributed by atoms with Crippen LogP contribution in [0.4, 0.5) is 5.69 Å². The summed E-state index contributed by atoms with van der Waals surface area (Å²) in [6, 6.07) is 8.97. The zero-order chi connectivity index (χ0) is 21.1. The molecule has 0 spiro atoms. The van der Waals surface area contributed by atoms with Crippen LogP contribution in [0, 0.1) is 0 Å². The second kappa shape index (κ2) is 8.73. The van der Waals surface area contributed by atoms with Crippen molar-refractivity contribution in [3.05, 3.63) is 75.1 Å². The van der Waals surface area contributed by atoms with E-state index in [0.717, 1.165) is 11.8 Å². The van der Waals surface area contributed by atoms with Gasteiger partial charge < -0.3 is 10.2 Å². The quantitative estimate of drug-likeness (QED) is 0.485. The maximum Gasteiger partial charge on any atom is 0.339 e. The Morgan fingerprint density at radius 1 is 1.24 bits per heavy atom. The number of halogens is 2. The number of phenols is 1. The van der Waals surface area contributed by atoms with Gasteiger partial charge in [-0.3, -0.25) is 9.69 Å². The van der Waals surface area contributed by atoms with Crippen LogP contribution in [0.1, 0.15) is 15.9 Å². The molecule has 2 aromatic carbocycles. The number of thioether (sulfide) groups is 1. The van der Waals surface area contributed by atoms with E-state index in [1.54, 1.807) is 30.4 Å². The minimum atomic E-state index is -1.25. The highest BCUT2D eigenvalue weighted by Crippen LogP contribution is 2.37. The maximum absolute atomic E-state index is 12.8. The van der Waals surface area contributed by atoms with Crippen molar-refractivity contribution in [2.45, 2.75) is 0 Å². The third kappa shape index (κ3) is 4.48. The summed E-state index contributed by atoms with van der Waals surface area (Å²) >= 11 is 13.5. The number of aromatic hydroxyl groups is 1. The second-order valence-corrected chi connectivity index (χ2v) is 7.67. The number of aromatic carboxylic acids is 1. The first-order valence-electron chi connectivity index (χ1n) is 8.23. The van der Waals surface area contributed by atoms with Gasteiger partial charge in [0.1, 0.15) is 11.3 Å². The molecule has 0 radical (unpaired) electrons. The number of benzene rings is 2. The number of carboxylic acids is 1. The molecule has 29 heavy (non-hydrogen) atoms. The third-order valence-corrected chi connectivity index (χ3v) is 5.58. The van der Waals surface area contributed by atoms with Gasteiger partial charge in [0, 0.05) is 28.2 Å². The summed E-state index contributed by atoms with van der Waals surface area (Å²) in [6.07, 6.45) is 3.16. The van der Waals surface area contributed by atoms with E-state index < -0.39 is 11.7 Å². The molecule has 2 aromatic rings. The fourth-order valence-electron chi connectivity index (χ4n) is 2.54. The molecule has 2 N–H and O–H groups in total. The fraction of sp³-hybridized carbons (Fsp3) is 0.0500. The highest BCUT2D eigenvalue weighted by molar-refractivity contribution is 8.18. The van der Waals surface area contributed by atoms with Crippen LogP contribution in [0.15, 0.2) is 59.0 Å². The summed E-state index contributed by atoms with van der Waals surface area (Å²) in [4.78, 5) is 30.0. The van der Waals surface area contributed by atoms with Crippen molar-refractivity contribution in [1.29, 1.82) is 0 Å². The number of nitrogens with zero attached hydrogens (tertiary/aromatic N) is 2. The molecular weight excluding hydrogens is 435 g/mol. The van der Waals surface area contributed by atoms with Crippen molar-refractivity contribution in [3.63, 3.8) is 0 Å². The van der Waals surface area contributed by atoms with E-state index >= 15 is 0 Å². The Morgan fingerprint density at radius 2 is 1.93 bits per heavy atom. The molecular formula is C20H14Cl2N2O4S. The molecule has 9 heteroatoms. The number of hydrogen-bond acceptors (Lipinski definition) is 5. The van der Waals surface area contributed by atoms with Crippen molar-refractivity contribution in [2.75, 3.05) is 6.54 Å². The Bertz CT molecular complexity index is 1060. The first-order chi connectivity index (χ1) is 13.8. The van der Waals surface area contributed by atoms with Crippen LogP contribution in [0.3, 0.4) is 0 Å². The van der Waals surface area contributed by atoms with Gasteiger partial charge >= 0.3 is 5.97 Å². The fourth-order valence-corrected chi connectivity index (χ4v) is 4.04. The molecule has 1 amide bonds. The molecule has 0 bridgehead atoms. The third-order valence-electron chi connectivity index (χ3n) is 3.91. The van der Waals surface area contributed by atoms with Crippen LogP contribution in [0.2, 0.25) is 10.0 Å². The number of carbonyl (C=O) groups is 2. The van der Waals surface area contributed by atoms with Crippen molar-refractivity contribution >= 4 is 63.8 Å². The molecule has 1 aliphatic heterocycles. The topological polar surface area (TPSA) is 90.2 Å². The van der Waals surface area contributed by atoms with Crippen LogP contribution in [-0.2, 0) is 4.79 Å². The standard InChI is InChI=1S/C20H14Cl2N2O4S/c1-2-8-24-18(26)17(10-13-14(21)4-3-5-15(13)22)29-20(24)23-11-6-7-12(19(27)28)16(25)9-11/h2-7,9-10,25H,1,8H2,(H,27,28)/b17-10-,23-20?. The van der Waals surface area contributed by atoms with Gasteiger partial charge in [-0.15, -0.1) is 6.58 Å². The van der Waals surface area contributed by atoms with Gasteiger partial charge in [0.05, 0.1) is 10.6 Å². The van der Waals surface area contributed by atoms with Gasteiger partial charge in [-0.1, -0.05) is 35.3 Å². The molecule has 0 aliphatic carbocycles. The van der Waals surface area contributed by atoms with Crippen LogP contribution in [0.25, 0.3) is 6.08 Å². The van der Waals surface area contributed by atoms with Gasteiger partial charge in [0.15, 0.2) is 5.17 Å². The summed E-state index contributed by atoms with van der Waals surface area (Å²) in [5.74, 6) is -1.96. The SMILES string of the molecule is C=CCN1C(=O)/C(=C/c2c(Cl)cccc2Cl)SC1=Nc1ccc(C(=O)O)c(O)c1. The molecule has 1 heterocycles. The lowest BCUT2D eigenvalue weighted by Gasteiger charge is -2.12. The van der Waals surface area contributed by atoms with Crippen molar-refractivity contribution in [3.8, 4) is 5.75 Å². The smallest absolute Gasteiger partial charge is 0.339 e. The lowest BCUT2D eigenvalue weighted by atomic mass is 10.2. The molecule has 6 nitrogen and oxygen atoms in total. The number of amidine groups is 1. The molecule has 1 saturated heterocycles. The number of rotatable bonds is 5. The minimum Gasteiger partial charge on any atom is -0.507 e. The first-order valence-corrected chi connectivity index (χ1v) is 9.80. The highest BCUT2D eigenvalue weighted by Gasteiger charge is 2.33. The van der Waals surface area contributed by atoms with E-state index in [9.17, 15) is 14.7 Å². The number of aliphatic imine (C=N–C) groups is 1. The van der Waals surface area contributed by atoms with E-state index in [2.05, 4.69) is 11.6 Å². The van der Waals surface area contributed by atoms with E-state index in [0.29, 0.717) is 31.4 Å². The first kappa shape index (κ1) is 21.0. The van der Waals surface area contributed by atoms with Gasteiger partial charge in [-0.05, 0) is 42.1 Å². The molecule has 0 aromatic heterocycles. The Morgan fingerprint density at radius 3 is 2.52 bits per heavy atom. The Labute approximate surface area is 180 Å². The average Bonchev–Trinajstić information content (AvgIpc) is 2.94. The summed E-state index contributed by atoms with van der Waals surface area (Å²) in [5.41, 5.74) is 0.588. The molecule has 0 saturated carbocycles. The van der Waals surface area contributed by atoms with Crippen LogP contribution in [-0.4, -0.2) is 38.7 Å². The lowest BCUT2D eigenvalue weighted by molar-refractivity contribution is -0.121. The van der Waals surface area contributed by atoms with E-state index in [-0.39, 0.29) is 18.0 Å². The minimum absolute atomic E-state index is 0.220. The summed E-state index contributed by atoms with van der Waals surface area (Å²) in [5, 5.41) is 20.1. The molecule has 1 fully saturated rings. The van der Waals surface area contributed by atoms with Crippen molar-refractivity contribution < 1.29 is 19.8 Å². The predicted molar refractivity (Wildman–Crippen MR) is 116 cm³/mol. The largest absolute Gasteiger partial charge is 0.507 e. The monoisotopic (exact) mass is 448 g/mol. The zero-order valence-electron chi connectivity index (χ0n) is 14.8. The normalized spacial score (nSPS) is 16.6. The molecule has 1 aliphatic rings. The molecule has 3 rings (SSSR count). The number of carboxylic acid groups (broad SMARTS) is 1. The van der Waals surface area contributed by atoms with E-state index in [1.165, 1.54) is 23.1 Å². The Kier molecular flexibility index (Phi) is 6.32. The van der Waals surface area contributed by atoms with Crippen molar-refractivity contribution in [2.24, 2.45) is 4.99 Å². The van der Waals surface area contributed by atoms with Gasteiger partial charge in [0.2, 0.25) is 0 Å². The van der Waals surface area contributed by atoms with Crippen LogP contribution >= 0.6 is 35.0 Å². The average molecular weight is 449 g/mol. The summed E-state index contributed by atoms with van der Waals surface area (Å²) in [6.45, 7) is 3.88. The highest BCUT2D eigenvalue weighted by atomic mass is 35.5. The van der Waals surface area contributed by atoms with Gasteiger partial charge in [-0.2, -0.15) is 0 Å². The summed E-state index contributed by atoms with van der Waals surface area (Å²) in [7, 11) is 0. The number of hydrogen-bond donors (Lipinski definition) is 2. The predicted octanol–water partition coefficient (Wildman–Crippen LogP) is 5.19. The van der Waals surface area contributed by atoms with Crippen LogP contribution < -0.4 is 0 Å². The second-order valence-electron chi connectivity index (χ2n) is 5.85. The van der Waals surface area contributed by atoms with Gasteiger partial charge in [0.25, 0.3) is 5.91 Å². The lowest BCUT2D eigenvalue weighted by Crippen LogP contribution is -2.29. The molecule has 0 atom stereocenters. The van der Waals surface area contributed by atoms with Gasteiger partial charge in [-0.25, -0.2) is 9.79 Å². The summed E-state index contributed by atoms with van der Waals surface area (Å²) < 4.78 is 0. The van der Waals surface area contributed by atoms with E-state index in [4.69, 9.17) is 28.3 Å². The Hall–Kier alpha value is -2.74. The maximum atomic E-state index is 12.8. The zero-order valence-corrected chi connectivity index (χ0v) is 17.1. The van der Waals surface area contributed by atoms with Crippen molar-refractivity contribution in [1.82, 2.24) is 4.90 Å². The number of carbonyl (C=O) groups excluding carboxylic acids is 1. The van der Waals surface area contributed by atoms with E-state index in [1.807, 2.05) is 0 Å². The van der Waals surface area contributed by atoms with Crippen LogP contribution in [0.5, 0.6) is 5.75 Å². The Balaban J connectivity index is 2.01.